The van der Waals surface area contributed by atoms with E-state index in [1.165, 1.54) is 0 Å². The Labute approximate surface area is 136 Å². The summed E-state index contributed by atoms with van der Waals surface area (Å²) < 4.78 is 26.4. The highest BCUT2D eigenvalue weighted by atomic mass is 32.2. The molecule has 4 heteroatoms. The summed E-state index contributed by atoms with van der Waals surface area (Å²) in [7, 11) is -3.58. The zero-order valence-corrected chi connectivity index (χ0v) is 13.3. The first kappa shape index (κ1) is 15.3. The predicted octanol–water partition coefficient (Wildman–Crippen LogP) is 3.83. The van der Waals surface area contributed by atoms with Crippen molar-refractivity contribution >= 4 is 15.5 Å². The lowest BCUT2D eigenvalue weighted by molar-refractivity contribution is 0.589. The summed E-state index contributed by atoms with van der Waals surface area (Å²) >= 11 is 0. The van der Waals surface area contributed by atoms with Crippen LogP contribution in [0, 0.1) is 0 Å². The van der Waals surface area contributed by atoms with Crippen LogP contribution in [0.3, 0.4) is 0 Å². The van der Waals surface area contributed by atoms with Crippen LogP contribution in [0.5, 0.6) is 0 Å². The SMILES string of the molecule is Nc1ccc(S(=O)(=O)C(c2ccccc2)c2ccccc2)cc1. The van der Waals surface area contributed by atoms with Gasteiger partial charge in [-0.2, -0.15) is 0 Å². The minimum atomic E-state index is -3.58. The minimum Gasteiger partial charge on any atom is -0.399 e. The normalized spacial score (nSPS) is 11.5. The van der Waals surface area contributed by atoms with Gasteiger partial charge in [0.2, 0.25) is 0 Å². The summed E-state index contributed by atoms with van der Waals surface area (Å²) in [6.45, 7) is 0. The zero-order valence-electron chi connectivity index (χ0n) is 12.5. The van der Waals surface area contributed by atoms with Crippen LogP contribution in [0.25, 0.3) is 0 Å². The lowest BCUT2D eigenvalue weighted by Gasteiger charge is -2.19. The number of benzene rings is 3. The first-order valence-corrected chi connectivity index (χ1v) is 8.83. The molecule has 3 aromatic carbocycles. The second-order valence-electron chi connectivity index (χ2n) is 5.32. The number of nitrogens with two attached hydrogens (primary N) is 1. The van der Waals surface area contributed by atoms with Crippen molar-refractivity contribution in [3.8, 4) is 0 Å². The van der Waals surface area contributed by atoms with Gasteiger partial charge in [0, 0.05) is 5.69 Å². The highest BCUT2D eigenvalue weighted by molar-refractivity contribution is 7.91. The predicted molar refractivity (Wildman–Crippen MR) is 92.8 cm³/mol. The molecule has 0 radical (unpaired) electrons. The fraction of sp³-hybridized carbons (Fsp3) is 0.0526. The molecule has 23 heavy (non-hydrogen) atoms. The Morgan fingerprint density at radius 1 is 0.652 bits per heavy atom. The average Bonchev–Trinajstić information content (AvgIpc) is 2.57. The fourth-order valence-corrected chi connectivity index (χ4v) is 4.42. The van der Waals surface area contributed by atoms with E-state index in [9.17, 15) is 8.42 Å². The van der Waals surface area contributed by atoms with E-state index in [0.717, 1.165) is 11.1 Å². The quantitative estimate of drug-likeness (QED) is 0.742. The number of rotatable bonds is 4. The second-order valence-corrected chi connectivity index (χ2v) is 7.35. The molecule has 0 spiro atoms. The molecule has 0 amide bonds. The standard InChI is InChI=1S/C19H17NO2S/c20-17-11-13-18(14-12-17)23(21,22)19(15-7-3-1-4-8-15)16-9-5-2-6-10-16/h1-14,19H,20H2. The molecule has 0 unspecified atom stereocenters. The smallest absolute Gasteiger partial charge is 0.189 e. The van der Waals surface area contributed by atoms with Crippen molar-refractivity contribution in [3.05, 3.63) is 96.1 Å². The maximum Gasteiger partial charge on any atom is 0.189 e. The van der Waals surface area contributed by atoms with Gasteiger partial charge in [-0.25, -0.2) is 8.42 Å². The lowest BCUT2D eigenvalue weighted by atomic mass is 10.0. The topological polar surface area (TPSA) is 60.2 Å². The van der Waals surface area contributed by atoms with E-state index in [0.29, 0.717) is 5.69 Å². The van der Waals surface area contributed by atoms with Gasteiger partial charge in [0.05, 0.1) is 4.90 Å². The summed E-state index contributed by atoms with van der Waals surface area (Å²) in [5, 5.41) is -0.742. The molecule has 0 saturated heterocycles. The van der Waals surface area contributed by atoms with Gasteiger partial charge in [0.25, 0.3) is 0 Å². The summed E-state index contributed by atoms with van der Waals surface area (Å²) in [6, 6.07) is 24.9. The van der Waals surface area contributed by atoms with Gasteiger partial charge in [-0.3, -0.25) is 0 Å². The molecule has 2 N–H and O–H groups in total. The maximum absolute atomic E-state index is 13.2. The summed E-state index contributed by atoms with van der Waals surface area (Å²) in [5.74, 6) is 0. The Morgan fingerprint density at radius 3 is 1.52 bits per heavy atom. The fourth-order valence-electron chi connectivity index (χ4n) is 2.60. The monoisotopic (exact) mass is 323 g/mol. The van der Waals surface area contributed by atoms with Gasteiger partial charge in [-0.1, -0.05) is 60.7 Å². The van der Waals surface area contributed by atoms with Crippen LogP contribution in [0.15, 0.2) is 89.8 Å². The molecule has 0 fully saturated rings. The molecule has 0 aliphatic carbocycles. The zero-order chi connectivity index (χ0) is 16.3. The lowest BCUT2D eigenvalue weighted by Crippen LogP contribution is -2.15. The first-order chi connectivity index (χ1) is 11.1. The number of hydrogen-bond donors (Lipinski definition) is 1. The summed E-state index contributed by atoms with van der Waals surface area (Å²) in [4.78, 5) is 0.268. The van der Waals surface area contributed by atoms with Crippen molar-refractivity contribution in [1.82, 2.24) is 0 Å². The summed E-state index contributed by atoms with van der Waals surface area (Å²) in [5.41, 5.74) is 7.71. The number of sulfone groups is 1. The largest absolute Gasteiger partial charge is 0.399 e. The van der Waals surface area contributed by atoms with Crippen molar-refractivity contribution in [2.75, 3.05) is 5.73 Å². The summed E-state index contributed by atoms with van der Waals surface area (Å²) in [6.07, 6.45) is 0. The second kappa shape index (κ2) is 6.26. The van der Waals surface area contributed by atoms with Crippen molar-refractivity contribution in [3.63, 3.8) is 0 Å². The van der Waals surface area contributed by atoms with Gasteiger partial charge in [0.1, 0.15) is 5.25 Å². The van der Waals surface area contributed by atoms with E-state index in [1.54, 1.807) is 24.3 Å². The Hall–Kier alpha value is -2.59. The van der Waals surface area contributed by atoms with Crippen molar-refractivity contribution < 1.29 is 8.42 Å². The Balaban J connectivity index is 2.17. The molecule has 0 saturated carbocycles. The number of anilines is 1. The third kappa shape index (κ3) is 3.12. The molecular weight excluding hydrogens is 306 g/mol. The molecule has 0 heterocycles. The molecular formula is C19H17NO2S. The molecule has 3 aromatic rings. The van der Waals surface area contributed by atoms with Crippen molar-refractivity contribution in [2.45, 2.75) is 10.1 Å². The molecule has 0 aromatic heterocycles. The first-order valence-electron chi connectivity index (χ1n) is 7.28. The number of nitrogen functional groups attached to an aromatic ring is 1. The highest BCUT2D eigenvalue weighted by Crippen LogP contribution is 2.35. The van der Waals surface area contributed by atoms with Gasteiger partial charge in [-0.15, -0.1) is 0 Å². The van der Waals surface area contributed by atoms with E-state index in [-0.39, 0.29) is 4.90 Å². The molecule has 3 rings (SSSR count). The highest BCUT2D eigenvalue weighted by Gasteiger charge is 2.30. The van der Waals surface area contributed by atoms with Gasteiger partial charge in [-0.05, 0) is 35.4 Å². The molecule has 0 aliphatic rings. The van der Waals surface area contributed by atoms with E-state index < -0.39 is 15.1 Å². The van der Waals surface area contributed by atoms with Crippen LogP contribution in [0.4, 0.5) is 5.69 Å². The number of hydrogen-bond acceptors (Lipinski definition) is 3. The molecule has 3 nitrogen and oxygen atoms in total. The molecule has 0 atom stereocenters. The molecule has 0 aliphatic heterocycles. The van der Waals surface area contributed by atoms with Gasteiger partial charge in [0.15, 0.2) is 9.84 Å². The van der Waals surface area contributed by atoms with Crippen LogP contribution in [-0.2, 0) is 9.84 Å². The third-order valence-corrected chi connectivity index (χ3v) is 5.82. The van der Waals surface area contributed by atoms with Crippen LogP contribution in [0.1, 0.15) is 16.4 Å². The molecule has 116 valence electrons. The average molecular weight is 323 g/mol. The minimum absolute atomic E-state index is 0.268. The Kier molecular flexibility index (Phi) is 4.17. The third-order valence-electron chi connectivity index (χ3n) is 3.72. The van der Waals surface area contributed by atoms with Crippen LogP contribution >= 0.6 is 0 Å². The van der Waals surface area contributed by atoms with E-state index >= 15 is 0 Å². The maximum atomic E-state index is 13.2. The van der Waals surface area contributed by atoms with Gasteiger partial charge >= 0.3 is 0 Å². The van der Waals surface area contributed by atoms with Crippen LogP contribution < -0.4 is 5.73 Å². The van der Waals surface area contributed by atoms with Crippen molar-refractivity contribution in [2.24, 2.45) is 0 Å². The van der Waals surface area contributed by atoms with Crippen molar-refractivity contribution in [1.29, 1.82) is 0 Å². The van der Waals surface area contributed by atoms with Crippen LogP contribution in [-0.4, -0.2) is 8.42 Å². The van der Waals surface area contributed by atoms with E-state index in [4.69, 9.17) is 5.73 Å². The van der Waals surface area contributed by atoms with Crippen LogP contribution in [0.2, 0.25) is 0 Å². The van der Waals surface area contributed by atoms with E-state index in [1.807, 2.05) is 60.7 Å². The Bertz CT molecular complexity index is 834. The molecule has 0 bridgehead atoms. The Morgan fingerprint density at radius 2 is 1.09 bits per heavy atom. The van der Waals surface area contributed by atoms with E-state index in [2.05, 4.69) is 0 Å². The van der Waals surface area contributed by atoms with Gasteiger partial charge < -0.3 is 5.73 Å².